The van der Waals surface area contributed by atoms with Crippen molar-refractivity contribution < 1.29 is 22.5 Å². The average molecular weight is 322 g/mol. The molecule has 0 heterocycles. The third-order valence-corrected chi connectivity index (χ3v) is 3.86. The van der Waals surface area contributed by atoms with Crippen molar-refractivity contribution in [1.29, 1.82) is 0 Å². The fraction of sp³-hybridized carbons (Fsp3) is 1.00. The molecule has 0 atom stereocenters. The highest BCUT2D eigenvalue weighted by Crippen LogP contribution is 2.12. The van der Waals surface area contributed by atoms with Crippen LogP contribution >= 0.6 is 0 Å². The Morgan fingerprint density at radius 2 is 1.29 bits per heavy atom. The molecule has 0 amide bonds. The van der Waals surface area contributed by atoms with E-state index in [-0.39, 0.29) is 12.4 Å². The predicted molar refractivity (Wildman–Crippen MR) is 89.2 cm³/mol. The molecule has 0 radical (unpaired) electrons. The summed E-state index contributed by atoms with van der Waals surface area (Å²) in [6.07, 6.45) is 14.3. The molecule has 0 fully saturated rings. The maximum atomic E-state index is 5.32. The van der Waals surface area contributed by atoms with Crippen molar-refractivity contribution in [1.82, 2.24) is 0 Å². The maximum absolute atomic E-state index is 5.32. The number of ether oxygens (including phenoxy) is 1. The van der Waals surface area contributed by atoms with Crippen LogP contribution in [0.25, 0.3) is 0 Å². The summed E-state index contributed by atoms with van der Waals surface area (Å²) < 4.78 is 5.32. The van der Waals surface area contributed by atoms with Gasteiger partial charge >= 0.3 is 0 Å². The van der Waals surface area contributed by atoms with Crippen LogP contribution in [0.3, 0.4) is 0 Å². The molecule has 130 valence electrons. The quantitative estimate of drug-likeness (QED) is 0.424. The van der Waals surface area contributed by atoms with E-state index in [1.54, 1.807) is 0 Å². The Morgan fingerprint density at radius 3 is 1.81 bits per heavy atom. The lowest BCUT2D eigenvalue weighted by atomic mass is 10.0. The first-order valence-corrected chi connectivity index (χ1v) is 9.16. The SMILES string of the molecule is CCOCC[NH2+]CCCCCCCCCCCC(C)C.[Cl-]. The normalized spacial score (nSPS) is 10.9. The van der Waals surface area contributed by atoms with E-state index in [0.717, 1.165) is 25.7 Å². The van der Waals surface area contributed by atoms with Crippen LogP contribution in [0.5, 0.6) is 0 Å². The van der Waals surface area contributed by atoms with Crippen LogP contribution in [-0.4, -0.2) is 26.3 Å². The van der Waals surface area contributed by atoms with Gasteiger partial charge < -0.3 is 22.5 Å². The molecule has 0 aliphatic rings. The molecule has 3 heteroatoms. The average Bonchev–Trinajstić information content (AvgIpc) is 2.43. The third kappa shape index (κ3) is 22.6. The van der Waals surface area contributed by atoms with Gasteiger partial charge in [0, 0.05) is 6.61 Å². The molecule has 0 aromatic heterocycles. The monoisotopic (exact) mass is 321 g/mol. The van der Waals surface area contributed by atoms with Gasteiger partial charge in [-0.15, -0.1) is 0 Å². The zero-order valence-electron chi connectivity index (χ0n) is 14.8. The standard InChI is InChI=1S/C18H39NO.ClH/c1-4-20-17-16-19-15-13-11-9-7-5-6-8-10-12-14-18(2)3;/h18-19H,4-17H2,1-3H3;1H. The molecule has 0 aliphatic carbocycles. The summed E-state index contributed by atoms with van der Waals surface area (Å²) in [6.45, 7) is 10.9. The van der Waals surface area contributed by atoms with E-state index in [1.807, 2.05) is 0 Å². The molecule has 2 N–H and O–H groups in total. The van der Waals surface area contributed by atoms with Crippen molar-refractivity contribution in [2.75, 3.05) is 26.3 Å². The van der Waals surface area contributed by atoms with E-state index < -0.39 is 0 Å². The highest BCUT2D eigenvalue weighted by Gasteiger charge is 1.96. The van der Waals surface area contributed by atoms with E-state index in [2.05, 4.69) is 26.1 Å². The second-order valence-corrected chi connectivity index (χ2v) is 6.43. The molecule has 0 aromatic carbocycles. The Morgan fingerprint density at radius 1 is 0.762 bits per heavy atom. The van der Waals surface area contributed by atoms with Crippen molar-refractivity contribution in [3.05, 3.63) is 0 Å². The number of quaternary nitrogens is 1. The third-order valence-electron chi connectivity index (χ3n) is 3.86. The van der Waals surface area contributed by atoms with Gasteiger partial charge in [0.1, 0.15) is 0 Å². The molecule has 0 saturated carbocycles. The van der Waals surface area contributed by atoms with E-state index in [4.69, 9.17) is 4.74 Å². The maximum Gasteiger partial charge on any atom is 0.0993 e. The Labute approximate surface area is 140 Å². The summed E-state index contributed by atoms with van der Waals surface area (Å²) in [5, 5.41) is 2.39. The van der Waals surface area contributed by atoms with Gasteiger partial charge in [-0.05, 0) is 25.7 Å². The fourth-order valence-electron chi connectivity index (χ4n) is 2.53. The van der Waals surface area contributed by atoms with Crippen molar-refractivity contribution in [2.45, 2.75) is 85.0 Å². The number of halogens is 1. The van der Waals surface area contributed by atoms with Gasteiger partial charge in [-0.1, -0.05) is 65.2 Å². The van der Waals surface area contributed by atoms with Gasteiger partial charge in [0.15, 0.2) is 0 Å². The molecular formula is C18H40ClNO. The molecule has 0 aliphatic heterocycles. The van der Waals surface area contributed by atoms with Crippen LogP contribution in [0.4, 0.5) is 0 Å². The second kappa shape index (κ2) is 20.2. The minimum atomic E-state index is 0. The molecule has 0 unspecified atom stereocenters. The molecule has 0 saturated heterocycles. The molecule has 2 nitrogen and oxygen atoms in total. The summed E-state index contributed by atoms with van der Waals surface area (Å²) in [7, 11) is 0. The van der Waals surface area contributed by atoms with Crippen molar-refractivity contribution >= 4 is 0 Å². The minimum Gasteiger partial charge on any atom is -1.00 e. The number of rotatable bonds is 16. The van der Waals surface area contributed by atoms with E-state index in [9.17, 15) is 0 Å². The van der Waals surface area contributed by atoms with Crippen LogP contribution < -0.4 is 17.7 Å². The summed E-state index contributed by atoms with van der Waals surface area (Å²) in [5.41, 5.74) is 0. The predicted octanol–water partition coefficient (Wildman–Crippen LogP) is 1.15. The first kappa shape index (κ1) is 23.5. The Bertz CT molecular complexity index is 177. The molecular weight excluding hydrogens is 282 g/mol. The molecule has 0 spiro atoms. The Balaban J connectivity index is 0. The molecule has 0 bridgehead atoms. The van der Waals surface area contributed by atoms with Gasteiger partial charge in [-0.3, -0.25) is 0 Å². The summed E-state index contributed by atoms with van der Waals surface area (Å²) in [6, 6.07) is 0. The zero-order chi connectivity index (χ0) is 14.9. The van der Waals surface area contributed by atoms with E-state index in [1.165, 1.54) is 70.8 Å². The van der Waals surface area contributed by atoms with E-state index in [0.29, 0.717) is 0 Å². The molecule has 21 heavy (non-hydrogen) atoms. The van der Waals surface area contributed by atoms with Crippen molar-refractivity contribution in [3.63, 3.8) is 0 Å². The van der Waals surface area contributed by atoms with Crippen LogP contribution in [0.1, 0.15) is 85.0 Å². The van der Waals surface area contributed by atoms with Crippen LogP contribution in [-0.2, 0) is 4.74 Å². The van der Waals surface area contributed by atoms with Crippen LogP contribution in [0.15, 0.2) is 0 Å². The smallest absolute Gasteiger partial charge is 0.0993 e. The number of nitrogens with two attached hydrogens (primary N) is 1. The summed E-state index contributed by atoms with van der Waals surface area (Å²) in [4.78, 5) is 0. The molecule has 0 aromatic rings. The second-order valence-electron chi connectivity index (χ2n) is 6.43. The highest BCUT2D eigenvalue weighted by molar-refractivity contribution is 4.49. The van der Waals surface area contributed by atoms with Crippen LogP contribution in [0, 0.1) is 5.92 Å². The lowest BCUT2D eigenvalue weighted by Crippen LogP contribution is -3.00. The van der Waals surface area contributed by atoms with Crippen molar-refractivity contribution in [3.8, 4) is 0 Å². The first-order chi connectivity index (χ1) is 9.77. The Hall–Kier alpha value is 0.210. The van der Waals surface area contributed by atoms with Gasteiger partial charge in [-0.25, -0.2) is 0 Å². The first-order valence-electron chi connectivity index (χ1n) is 9.16. The van der Waals surface area contributed by atoms with Crippen LogP contribution in [0.2, 0.25) is 0 Å². The lowest BCUT2D eigenvalue weighted by Gasteiger charge is -2.05. The number of hydrogen-bond donors (Lipinski definition) is 1. The largest absolute Gasteiger partial charge is 1.00 e. The Kier molecular flexibility index (Phi) is 22.6. The fourth-order valence-corrected chi connectivity index (χ4v) is 2.53. The summed E-state index contributed by atoms with van der Waals surface area (Å²) in [5.74, 6) is 0.889. The highest BCUT2D eigenvalue weighted by atomic mass is 35.5. The topological polar surface area (TPSA) is 25.8 Å². The minimum absolute atomic E-state index is 0. The van der Waals surface area contributed by atoms with Gasteiger partial charge in [0.2, 0.25) is 0 Å². The lowest BCUT2D eigenvalue weighted by molar-refractivity contribution is -0.656. The van der Waals surface area contributed by atoms with Gasteiger partial charge in [0.25, 0.3) is 0 Å². The van der Waals surface area contributed by atoms with Crippen molar-refractivity contribution in [2.24, 2.45) is 5.92 Å². The van der Waals surface area contributed by atoms with Gasteiger partial charge in [0.05, 0.1) is 19.7 Å². The van der Waals surface area contributed by atoms with E-state index >= 15 is 0 Å². The summed E-state index contributed by atoms with van der Waals surface area (Å²) >= 11 is 0. The number of hydrogen-bond acceptors (Lipinski definition) is 1. The zero-order valence-corrected chi connectivity index (χ0v) is 15.6. The number of unbranched alkanes of at least 4 members (excludes halogenated alkanes) is 8. The molecule has 0 rings (SSSR count). The van der Waals surface area contributed by atoms with Gasteiger partial charge in [-0.2, -0.15) is 0 Å².